The van der Waals surface area contributed by atoms with Crippen molar-refractivity contribution in [1.82, 2.24) is 14.6 Å². The second kappa shape index (κ2) is 1.85. The van der Waals surface area contributed by atoms with E-state index >= 15 is 0 Å². The predicted molar refractivity (Wildman–Crippen MR) is 39.1 cm³/mol. The van der Waals surface area contributed by atoms with Crippen LogP contribution in [0.2, 0.25) is 0 Å². The van der Waals surface area contributed by atoms with Gasteiger partial charge < -0.3 is 10.8 Å². The summed E-state index contributed by atoms with van der Waals surface area (Å²) in [6.07, 6.45) is 2.92. The second-order valence-corrected chi connectivity index (χ2v) is 2.14. The number of nitrogens with zero attached hydrogens (tertiary/aromatic N) is 3. The molecule has 0 aliphatic rings. The first-order chi connectivity index (χ1) is 5.29. The number of nitrogens with two attached hydrogens (primary N) is 1. The van der Waals surface area contributed by atoms with Crippen molar-refractivity contribution in [2.45, 2.75) is 0 Å². The zero-order valence-corrected chi connectivity index (χ0v) is 5.60. The molecule has 0 spiro atoms. The van der Waals surface area contributed by atoms with Crippen LogP contribution in [-0.2, 0) is 0 Å². The Balaban J connectivity index is 2.94. The highest BCUT2D eigenvalue weighted by Gasteiger charge is 2.02. The summed E-state index contributed by atoms with van der Waals surface area (Å²) in [5.41, 5.74) is 6.42. The molecule has 5 nitrogen and oxygen atoms in total. The van der Waals surface area contributed by atoms with Gasteiger partial charge in [0, 0.05) is 12.3 Å². The molecule has 5 heteroatoms. The minimum absolute atomic E-state index is 0.0340. The maximum Gasteiger partial charge on any atom is 0.215 e. The maximum atomic E-state index is 9.19. The van der Waals surface area contributed by atoms with Gasteiger partial charge in [-0.1, -0.05) is 0 Å². The van der Waals surface area contributed by atoms with E-state index in [0.717, 1.165) is 0 Å². The van der Waals surface area contributed by atoms with E-state index in [0.29, 0.717) is 11.3 Å². The van der Waals surface area contributed by atoms with Crippen LogP contribution in [0.1, 0.15) is 0 Å². The predicted octanol–water partition coefficient (Wildman–Crippen LogP) is 0.0171. The molecule has 3 N–H and O–H groups in total. The van der Waals surface area contributed by atoms with E-state index in [1.54, 1.807) is 0 Å². The van der Waals surface area contributed by atoms with Crippen molar-refractivity contribution in [1.29, 1.82) is 0 Å². The maximum absolute atomic E-state index is 9.19. The molecule has 0 atom stereocenters. The summed E-state index contributed by atoms with van der Waals surface area (Å²) >= 11 is 0. The molecule has 0 bridgehead atoms. The quantitative estimate of drug-likeness (QED) is 0.555. The Labute approximate surface area is 62.1 Å². The van der Waals surface area contributed by atoms with Crippen molar-refractivity contribution in [3.05, 3.63) is 18.5 Å². The summed E-state index contributed by atoms with van der Waals surface area (Å²) in [5.74, 6) is 0.0340. The molecule has 2 heterocycles. The summed E-state index contributed by atoms with van der Waals surface area (Å²) in [6, 6.07) is 1.44. The van der Waals surface area contributed by atoms with Crippen molar-refractivity contribution >= 4 is 11.3 Å². The van der Waals surface area contributed by atoms with Crippen LogP contribution >= 0.6 is 0 Å². The third kappa shape index (κ3) is 0.706. The second-order valence-electron chi connectivity index (χ2n) is 2.14. The van der Waals surface area contributed by atoms with Gasteiger partial charge in [0.2, 0.25) is 5.88 Å². The lowest BCUT2D eigenvalue weighted by Crippen LogP contribution is -1.91. The van der Waals surface area contributed by atoms with Crippen LogP contribution in [0.15, 0.2) is 18.5 Å². The Morgan fingerprint density at radius 3 is 3.09 bits per heavy atom. The summed E-state index contributed by atoms with van der Waals surface area (Å²) < 4.78 is 1.27. The molecule has 0 aromatic carbocycles. The Morgan fingerprint density at radius 1 is 1.55 bits per heavy atom. The highest BCUT2D eigenvalue weighted by molar-refractivity contribution is 5.63. The molecule has 11 heavy (non-hydrogen) atoms. The molecule has 2 rings (SSSR count). The van der Waals surface area contributed by atoms with Crippen LogP contribution in [0.25, 0.3) is 5.65 Å². The van der Waals surface area contributed by atoms with Crippen LogP contribution < -0.4 is 5.73 Å². The first-order valence-electron chi connectivity index (χ1n) is 3.06. The van der Waals surface area contributed by atoms with Gasteiger partial charge in [0.25, 0.3) is 0 Å². The van der Waals surface area contributed by atoms with Crippen LogP contribution in [0.3, 0.4) is 0 Å². The third-order valence-electron chi connectivity index (χ3n) is 1.41. The van der Waals surface area contributed by atoms with Gasteiger partial charge >= 0.3 is 0 Å². The van der Waals surface area contributed by atoms with Gasteiger partial charge in [-0.05, 0) is 0 Å². The minimum Gasteiger partial charge on any atom is -0.493 e. The average Bonchev–Trinajstić information content (AvgIpc) is 2.35. The van der Waals surface area contributed by atoms with Gasteiger partial charge in [0.1, 0.15) is 0 Å². The largest absolute Gasteiger partial charge is 0.493 e. The zero-order chi connectivity index (χ0) is 7.84. The molecular weight excluding hydrogens is 144 g/mol. The molecule has 0 fully saturated rings. The minimum atomic E-state index is 0.0340. The van der Waals surface area contributed by atoms with E-state index in [1.165, 1.54) is 23.0 Å². The monoisotopic (exact) mass is 150 g/mol. The molecule has 0 aliphatic heterocycles. The van der Waals surface area contributed by atoms with Gasteiger partial charge in [-0.15, -0.1) is 0 Å². The Morgan fingerprint density at radius 2 is 2.36 bits per heavy atom. The van der Waals surface area contributed by atoms with Crippen molar-refractivity contribution in [2.24, 2.45) is 0 Å². The molecular formula is C6H6N4O. The number of rotatable bonds is 0. The molecule has 2 aromatic rings. The average molecular weight is 150 g/mol. The molecule has 0 unspecified atom stereocenters. The van der Waals surface area contributed by atoms with Crippen LogP contribution in [0.4, 0.5) is 5.69 Å². The van der Waals surface area contributed by atoms with Crippen LogP contribution in [0, 0.1) is 0 Å². The van der Waals surface area contributed by atoms with Crippen LogP contribution in [-0.4, -0.2) is 19.7 Å². The van der Waals surface area contributed by atoms with E-state index in [9.17, 15) is 5.11 Å². The third-order valence-corrected chi connectivity index (χ3v) is 1.41. The highest BCUT2D eigenvalue weighted by Crippen LogP contribution is 2.14. The molecule has 2 aromatic heterocycles. The van der Waals surface area contributed by atoms with Crippen molar-refractivity contribution < 1.29 is 5.11 Å². The molecule has 0 radical (unpaired) electrons. The van der Waals surface area contributed by atoms with E-state index < -0.39 is 0 Å². The number of nitrogen functional groups attached to an aromatic ring is 1. The summed E-state index contributed by atoms with van der Waals surface area (Å²) in [6.45, 7) is 0. The van der Waals surface area contributed by atoms with E-state index in [2.05, 4.69) is 10.1 Å². The van der Waals surface area contributed by atoms with Gasteiger partial charge in [-0.2, -0.15) is 9.61 Å². The number of aromatic hydroxyl groups is 1. The number of aromatic nitrogens is 3. The Kier molecular flexibility index (Phi) is 1.00. The lowest BCUT2D eigenvalue weighted by atomic mass is 10.5. The van der Waals surface area contributed by atoms with Crippen LogP contribution in [0.5, 0.6) is 5.88 Å². The van der Waals surface area contributed by atoms with E-state index in [1.807, 2.05) is 0 Å². The normalized spacial score (nSPS) is 10.5. The standard InChI is InChI=1S/C6H6N4O/c7-4-3-9-10-5(11)1-2-8-6(4)10/h1-3,11H,7H2. The Bertz CT molecular complexity index is 394. The topological polar surface area (TPSA) is 76.4 Å². The fourth-order valence-electron chi connectivity index (χ4n) is 0.897. The lowest BCUT2D eigenvalue weighted by Gasteiger charge is -1.94. The Hall–Kier alpha value is -1.78. The van der Waals surface area contributed by atoms with E-state index in [-0.39, 0.29) is 5.88 Å². The number of hydrogen-bond acceptors (Lipinski definition) is 4. The first-order valence-corrected chi connectivity index (χ1v) is 3.06. The molecule has 0 saturated heterocycles. The van der Waals surface area contributed by atoms with Crippen molar-refractivity contribution in [2.75, 3.05) is 5.73 Å². The molecule has 0 amide bonds. The summed E-state index contributed by atoms with van der Waals surface area (Å²) in [4.78, 5) is 3.92. The number of anilines is 1. The van der Waals surface area contributed by atoms with E-state index in [4.69, 9.17) is 5.73 Å². The summed E-state index contributed by atoms with van der Waals surface area (Å²) in [7, 11) is 0. The van der Waals surface area contributed by atoms with Crippen molar-refractivity contribution in [3.8, 4) is 5.88 Å². The SMILES string of the molecule is Nc1cnn2c(O)ccnc12. The lowest BCUT2D eigenvalue weighted by molar-refractivity contribution is 0.435. The molecule has 56 valence electrons. The number of hydrogen-bond donors (Lipinski definition) is 2. The van der Waals surface area contributed by atoms with Crippen molar-refractivity contribution in [3.63, 3.8) is 0 Å². The smallest absolute Gasteiger partial charge is 0.215 e. The molecule has 0 saturated carbocycles. The summed E-state index contributed by atoms with van der Waals surface area (Å²) in [5, 5.41) is 13.0. The van der Waals surface area contributed by atoms with Gasteiger partial charge in [-0.25, -0.2) is 4.98 Å². The number of fused-ring (bicyclic) bond motifs is 1. The fraction of sp³-hybridized carbons (Fsp3) is 0. The van der Waals surface area contributed by atoms with Gasteiger partial charge in [0.15, 0.2) is 5.65 Å². The first kappa shape index (κ1) is 5.96. The highest BCUT2D eigenvalue weighted by atomic mass is 16.3. The van der Waals surface area contributed by atoms with Gasteiger partial charge in [0.05, 0.1) is 11.9 Å². The molecule has 0 aliphatic carbocycles. The van der Waals surface area contributed by atoms with Gasteiger partial charge in [-0.3, -0.25) is 0 Å². The zero-order valence-electron chi connectivity index (χ0n) is 5.60. The fourth-order valence-corrected chi connectivity index (χ4v) is 0.897.